The first-order chi connectivity index (χ1) is 14.2. The maximum Gasteiger partial charge on any atom is 0.225 e. The quantitative estimate of drug-likeness (QED) is 0.396. The van der Waals surface area contributed by atoms with Gasteiger partial charge in [0, 0.05) is 41.4 Å². The van der Waals surface area contributed by atoms with Crippen LogP contribution in [0.4, 0.5) is 17.5 Å². The summed E-state index contributed by atoms with van der Waals surface area (Å²) in [4.78, 5) is 9.50. The maximum atomic E-state index is 6.36. The molecule has 0 amide bonds. The molecule has 30 heavy (non-hydrogen) atoms. The zero-order chi connectivity index (χ0) is 22.0. The number of benzene rings is 1. The lowest BCUT2D eigenvalue weighted by molar-refractivity contribution is 0.539. The van der Waals surface area contributed by atoms with Crippen molar-refractivity contribution in [1.29, 1.82) is 0 Å². The van der Waals surface area contributed by atoms with Crippen LogP contribution in [0.3, 0.4) is 0 Å². The Morgan fingerprint density at radius 2 is 1.83 bits per heavy atom. The van der Waals surface area contributed by atoms with Gasteiger partial charge in [-0.3, -0.25) is 4.68 Å². The summed E-state index contributed by atoms with van der Waals surface area (Å²) in [6, 6.07) is 5.63. The van der Waals surface area contributed by atoms with Crippen molar-refractivity contribution in [2.75, 3.05) is 22.9 Å². The second-order valence-electron chi connectivity index (χ2n) is 8.19. The van der Waals surface area contributed by atoms with E-state index in [9.17, 15) is 0 Å². The van der Waals surface area contributed by atoms with Gasteiger partial charge in [0.2, 0.25) is 5.95 Å². The smallest absolute Gasteiger partial charge is 0.225 e. The molecule has 9 heteroatoms. The Bertz CT molecular complexity index is 1010. The Kier molecular flexibility index (Phi) is 6.67. The minimum absolute atomic E-state index is 0.0217. The fourth-order valence-corrected chi connectivity index (χ4v) is 3.46. The Labute approximate surface area is 182 Å². The zero-order valence-corrected chi connectivity index (χ0v) is 19.0. The maximum absolute atomic E-state index is 6.36. The molecule has 0 saturated heterocycles. The molecule has 1 aromatic carbocycles. The number of fused-ring (bicyclic) bond motifs is 1. The second kappa shape index (κ2) is 9.06. The summed E-state index contributed by atoms with van der Waals surface area (Å²) in [7, 11) is 0. The highest BCUT2D eigenvalue weighted by Crippen LogP contribution is 2.32. The molecule has 1 unspecified atom stereocenters. The normalized spacial score (nSPS) is 12.7. The monoisotopic (exact) mass is 430 g/mol. The van der Waals surface area contributed by atoms with Gasteiger partial charge in [0.05, 0.1) is 5.69 Å². The van der Waals surface area contributed by atoms with Crippen molar-refractivity contribution < 1.29 is 0 Å². The van der Waals surface area contributed by atoms with Gasteiger partial charge in [-0.25, -0.2) is 4.98 Å². The lowest BCUT2D eigenvalue weighted by Crippen LogP contribution is -2.26. The molecule has 6 N–H and O–H groups in total. The first kappa shape index (κ1) is 22.1. The number of halogens is 1. The predicted octanol–water partition coefficient (Wildman–Crippen LogP) is 4.14. The molecule has 162 valence electrons. The Morgan fingerprint density at radius 3 is 2.43 bits per heavy atom. The van der Waals surface area contributed by atoms with Crippen LogP contribution in [0.5, 0.6) is 0 Å². The highest BCUT2D eigenvalue weighted by Gasteiger charge is 2.22. The van der Waals surface area contributed by atoms with Crippen LogP contribution in [0.25, 0.3) is 11.0 Å². The summed E-state index contributed by atoms with van der Waals surface area (Å²) >= 11 is 6.36. The van der Waals surface area contributed by atoms with Crippen LogP contribution < -0.4 is 22.1 Å². The molecule has 8 nitrogen and oxygen atoms in total. The van der Waals surface area contributed by atoms with Gasteiger partial charge in [0.15, 0.2) is 5.82 Å². The van der Waals surface area contributed by atoms with Crippen LogP contribution in [-0.2, 0) is 6.54 Å². The minimum atomic E-state index is -0.0217. The second-order valence-corrected chi connectivity index (χ2v) is 8.60. The van der Waals surface area contributed by atoms with Crippen molar-refractivity contribution in [3.8, 4) is 0 Å². The predicted molar refractivity (Wildman–Crippen MR) is 125 cm³/mol. The number of rotatable bonds is 8. The Morgan fingerprint density at radius 1 is 1.10 bits per heavy atom. The van der Waals surface area contributed by atoms with Crippen molar-refractivity contribution in [2.45, 2.75) is 59.2 Å². The number of aromatic nitrogens is 4. The topological polar surface area (TPSA) is 120 Å². The van der Waals surface area contributed by atoms with E-state index in [1.165, 1.54) is 0 Å². The summed E-state index contributed by atoms with van der Waals surface area (Å²) in [5.41, 5.74) is 16.1. The summed E-state index contributed by atoms with van der Waals surface area (Å²) in [6.45, 7) is 11.3. The van der Waals surface area contributed by atoms with Crippen LogP contribution >= 0.6 is 11.6 Å². The van der Waals surface area contributed by atoms with Crippen molar-refractivity contribution in [3.05, 3.63) is 34.5 Å². The van der Waals surface area contributed by atoms with Gasteiger partial charge in [-0.1, -0.05) is 31.5 Å². The lowest BCUT2D eigenvalue weighted by atomic mass is 10.1. The first-order valence-electron chi connectivity index (χ1n) is 10.2. The molecular weight excluding hydrogens is 400 g/mol. The Balaban J connectivity index is 2.11. The van der Waals surface area contributed by atoms with Crippen LogP contribution in [-0.4, -0.2) is 32.3 Å². The van der Waals surface area contributed by atoms with E-state index in [0.29, 0.717) is 35.6 Å². The number of nitrogens with zero attached hydrogens (tertiary/aromatic N) is 4. The molecule has 0 fully saturated rings. The molecule has 1 atom stereocenters. The van der Waals surface area contributed by atoms with Crippen molar-refractivity contribution in [3.63, 3.8) is 0 Å². The van der Waals surface area contributed by atoms with Gasteiger partial charge in [-0.2, -0.15) is 10.1 Å². The average molecular weight is 431 g/mol. The van der Waals surface area contributed by atoms with E-state index in [1.807, 2.05) is 29.8 Å². The first-order valence-corrected chi connectivity index (χ1v) is 10.6. The summed E-state index contributed by atoms with van der Waals surface area (Å²) in [5, 5.41) is 12.1. The fourth-order valence-electron chi connectivity index (χ4n) is 3.21. The van der Waals surface area contributed by atoms with Crippen molar-refractivity contribution in [2.24, 2.45) is 5.73 Å². The van der Waals surface area contributed by atoms with Crippen LogP contribution in [0.15, 0.2) is 18.2 Å². The summed E-state index contributed by atoms with van der Waals surface area (Å²) < 4.78 is 1.97. The van der Waals surface area contributed by atoms with Crippen LogP contribution in [0.1, 0.15) is 57.8 Å². The molecule has 0 aliphatic carbocycles. The third-order valence-corrected chi connectivity index (χ3v) is 5.13. The molecule has 0 radical (unpaired) electrons. The number of hydrogen-bond acceptors (Lipinski definition) is 7. The van der Waals surface area contributed by atoms with Crippen molar-refractivity contribution >= 4 is 40.1 Å². The number of nitrogens with two attached hydrogens (primary N) is 2. The average Bonchev–Trinajstić information content (AvgIpc) is 3.06. The van der Waals surface area contributed by atoms with Crippen LogP contribution in [0.2, 0.25) is 5.02 Å². The van der Waals surface area contributed by atoms with E-state index in [4.69, 9.17) is 38.1 Å². The number of nitrogen functional groups attached to an aromatic ring is 1. The fraction of sp³-hybridized carbons (Fsp3) is 0.476. The molecule has 0 aliphatic rings. The van der Waals surface area contributed by atoms with E-state index in [-0.39, 0.29) is 18.0 Å². The lowest BCUT2D eigenvalue weighted by Gasteiger charge is -2.15. The van der Waals surface area contributed by atoms with Crippen LogP contribution in [0, 0.1) is 0 Å². The number of hydrogen-bond donors (Lipinski definition) is 4. The summed E-state index contributed by atoms with van der Waals surface area (Å²) in [6.07, 6.45) is 0. The van der Waals surface area contributed by atoms with Gasteiger partial charge in [-0.05, 0) is 38.8 Å². The van der Waals surface area contributed by atoms with Crippen molar-refractivity contribution in [1.82, 2.24) is 19.7 Å². The number of anilines is 3. The van der Waals surface area contributed by atoms with Gasteiger partial charge >= 0.3 is 0 Å². The largest absolute Gasteiger partial charge is 0.398 e. The van der Waals surface area contributed by atoms with Gasteiger partial charge < -0.3 is 22.1 Å². The van der Waals surface area contributed by atoms with Gasteiger partial charge in [-0.15, -0.1) is 0 Å². The Hall–Kier alpha value is -2.58. The molecule has 2 heterocycles. The summed E-state index contributed by atoms with van der Waals surface area (Å²) in [5.74, 6) is 1.41. The van der Waals surface area contributed by atoms with E-state index in [1.54, 1.807) is 0 Å². The molecule has 0 saturated carbocycles. The molecule has 3 aromatic rings. The highest BCUT2D eigenvalue weighted by atomic mass is 35.5. The molecule has 0 spiro atoms. The van der Waals surface area contributed by atoms with Gasteiger partial charge in [0.25, 0.3) is 0 Å². The third-order valence-electron chi connectivity index (χ3n) is 4.78. The number of nitrogens with one attached hydrogen (secondary N) is 2. The standard InChI is InChI=1S/C21H31ClN8/c1-11(2)17-18-19(30(29-17)12(3)4)20(28-21(27-18)26-9-13(5)23)25-10-14-15(22)7-6-8-16(14)24/h6-8,11-13H,9-10,23-24H2,1-5H3,(H2,25,26,27,28). The molecule has 2 aromatic heterocycles. The van der Waals surface area contributed by atoms with E-state index >= 15 is 0 Å². The SMILES string of the molecule is CC(N)CNc1nc(NCc2c(N)cccc2Cl)c2c(n1)c(C(C)C)nn2C(C)C. The van der Waals surface area contributed by atoms with Gasteiger partial charge in [0.1, 0.15) is 11.0 Å². The molecule has 0 aliphatic heterocycles. The third kappa shape index (κ3) is 4.60. The zero-order valence-electron chi connectivity index (χ0n) is 18.2. The minimum Gasteiger partial charge on any atom is -0.398 e. The molecule has 0 bridgehead atoms. The van der Waals surface area contributed by atoms with E-state index in [0.717, 1.165) is 22.3 Å². The molecule has 3 rings (SSSR count). The van der Waals surface area contributed by atoms with E-state index < -0.39 is 0 Å². The van der Waals surface area contributed by atoms with E-state index in [2.05, 4.69) is 38.3 Å². The molecular formula is C21H31ClN8. The highest BCUT2D eigenvalue weighted by molar-refractivity contribution is 6.31.